The van der Waals surface area contributed by atoms with Crippen LogP contribution in [0.5, 0.6) is 0 Å². The van der Waals surface area contributed by atoms with Gasteiger partial charge < -0.3 is 19.0 Å². The van der Waals surface area contributed by atoms with Crippen molar-refractivity contribution in [2.75, 3.05) is 13.2 Å². The van der Waals surface area contributed by atoms with E-state index in [4.69, 9.17) is 19.0 Å². The summed E-state index contributed by atoms with van der Waals surface area (Å²) in [6.45, 7) is 3.60. The molecule has 2 rings (SSSR count). The van der Waals surface area contributed by atoms with E-state index in [1.54, 1.807) is 6.92 Å². The van der Waals surface area contributed by atoms with Gasteiger partial charge in [0.05, 0.1) is 12.7 Å². The molecule has 0 unspecified atom stereocenters. The van der Waals surface area contributed by atoms with Crippen LogP contribution in [0.25, 0.3) is 0 Å². The van der Waals surface area contributed by atoms with Gasteiger partial charge in [0, 0.05) is 18.8 Å². The summed E-state index contributed by atoms with van der Waals surface area (Å²) in [4.78, 5) is 10.7. The van der Waals surface area contributed by atoms with Crippen LogP contribution in [0.3, 0.4) is 0 Å². The summed E-state index contributed by atoms with van der Waals surface area (Å²) in [7, 11) is 0. The Balaban J connectivity index is 1.91. The number of furan rings is 1. The number of hydrogen-bond donors (Lipinski definition) is 1. The second-order valence-electron chi connectivity index (χ2n) is 4.12. The Kier molecular flexibility index (Phi) is 3.81. The van der Waals surface area contributed by atoms with Crippen LogP contribution in [-0.4, -0.2) is 30.4 Å². The summed E-state index contributed by atoms with van der Waals surface area (Å²) in [5.74, 6) is -0.479. The second kappa shape index (κ2) is 5.33. The zero-order valence-corrected chi connectivity index (χ0v) is 9.77. The topological polar surface area (TPSA) is 68.9 Å². The Bertz CT molecular complexity index is 390. The maximum atomic E-state index is 10.7. The molecular weight excluding hydrogens is 224 g/mol. The van der Waals surface area contributed by atoms with Crippen molar-refractivity contribution >= 4 is 5.97 Å². The number of ether oxygens (including phenoxy) is 2. The highest BCUT2D eigenvalue weighted by molar-refractivity contribution is 5.84. The smallest absolute Gasteiger partial charge is 0.371 e. The fraction of sp³-hybridized carbons (Fsp3) is 0.583. The average molecular weight is 240 g/mol. The molecule has 1 saturated heterocycles. The van der Waals surface area contributed by atoms with Gasteiger partial charge in [0.25, 0.3) is 0 Å². The van der Waals surface area contributed by atoms with Crippen molar-refractivity contribution in [1.29, 1.82) is 0 Å². The van der Waals surface area contributed by atoms with Gasteiger partial charge in [-0.15, -0.1) is 0 Å². The van der Waals surface area contributed by atoms with E-state index in [2.05, 4.69) is 0 Å². The van der Waals surface area contributed by atoms with Gasteiger partial charge in [-0.3, -0.25) is 0 Å². The molecule has 1 aliphatic heterocycles. The molecule has 1 aromatic rings. The third-order valence-electron chi connectivity index (χ3n) is 2.87. The SMILES string of the molecule is Cc1oc(C(=O)O)cc1COC1CCOCC1. The van der Waals surface area contributed by atoms with Gasteiger partial charge in [-0.05, 0) is 25.8 Å². The monoisotopic (exact) mass is 240 g/mol. The fourth-order valence-corrected chi connectivity index (χ4v) is 1.82. The summed E-state index contributed by atoms with van der Waals surface area (Å²) < 4.78 is 16.1. The molecule has 0 atom stereocenters. The van der Waals surface area contributed by atoms with E-state index >= 15 is 0 Å². The molecule has 0 aliphatic carbocycles. The lowest BCUT2D eigenvalue weighted by molar-refractivity contribution is -0.0393. The quantitative estimate of drug-likeness (QED) is 0.871. The second-order valence-corrected chi connectivity index (χ2v) is 4.12. The van der Waals surface area contributed by atoms with Gasteiger partial charge in [0.1, 0.15) is 5.76 Å². The number of carbonyl (C=O) groups is 1. The van der Waals surface area contributed by atoms with Gasteiger partial charge in [0.2, 0.25) is 5.76 Å². The Labute approximate surface area is 99.3 Å². The highest BCUT2D eigenvalue weighted by Crippen LogP contribution is 2.18. The van der Waals surface area contributed by atoms with Crippen molar-refractivity contribution < 1.29 is 23.8 Å². The lowest BCUT2D eigenvalue weighted by Crippen LogP contribution is -2.23. The van der Waals surface area contributed by atoms with Crippen LogP contribution >= 0.6 is 0 Å². The van der Waals surface area contributed by atoms with E-state index < -0.39 is 5.97 Å². The minimum Gasteiger partial charge on any atom is -0.475 e. The molecule has 1 N–H and O–H groups in total. The summed E-state index contributed by atoms with van der Waals surface area (Å²) in [6.07, 6.45) is 1.98. The largest absolute Gasteiger partial charge is 0.475 e. The third-order valence-corrected chi connectivity index (χ3v) is 2.87. The molecule has 5 nitrogen and oxygen atoms in total. The normalized spacial score (nSPS) is 17.2. The predicted octanol–water partition coefficient (Wildman–Crippen LogP) is 1.98. The first kappa shape index (κ1) is 12.1. The minimum atomic E-state index is -1.05. The molecule has 0 aromatic carbocycles. The van der Waals surface area contributed by atoms with Gasteiger partial charge >= 0.3 is 5.97 Å². The zero-order chi connectivity index (χ0) is 12.3. The Hall–Kier alpha value is -1.33. The third kappa shape index (κ3) is 3.08. The molecular formula is C12H16O5. The van der Waals surface area contributed by atoms with E-state index in [0.29, 0.717) is 12.4 Å². The molecule has 0 bridgehead atoms. The molecule has 1 aliphatic rings. The lowest BCUT2D eigenvalue weighted by Gasteiger charge is -2.22. The molecule has 0 amide bonds. The highest BCUT2D eigenvalue weighted by atomic mass is 16.5. The number of carboxylic acid groups (broad SMARTS) is 1. The molecule has 17 heavy (non-hydrogen) atoms. The first-order valence-corrected chi connectivity index (χ1v) is 5.69. The van der Waals surface area contributed by atoms with Crippen LogP contribution in [0.4, 0.5) is 0 Å². The first-order chi connectivity index (χ1) is 8.16. The molecule has 94 valence electrons. The van der Waals surface area contributed by atoms with Gasteiger partial charge in [-0.1, -0.05) is 0 Å². The molecule has 0 saturated carbocycles. The number of aromatic carboxylic acids is 1. The first-order valence-electron chi connectivity index (χ1n) is 5.69. The maximum absolute atomic E-state index is 10.7. The van der Waals surface area contributed by atoms with E-state index in [-0.39, 0.29) is 11.9 Å². The number of aryl methyl sites for hydroxylation is 1. The van der Waals surface area contributed by atoms with E-state index in [9.17, 15) is 4.79 Å². The van der Waals surface area contributed by atoms with Gasteiger partial charge in [-0.25, -0.2) is 4.79 Å². The highest BCUT2D eigenvalue weighted by Gasteiger charge is 2.17. The van der Waals surface area contributed by atoms with Crippen molar-refractivity contribution in [1.82, 2.24) is 0 Å². The zero-order valence-electron chi connectivity index (χ0n) is 9.77. The number of carboxylic acids is 1. The average Bonchev–Trinajstić information content (AvgIpc) is 2.70. The van der Waals surface area contributed by atoms with Crippen molar-refractivity contribution in [2.24, 2.45) is 0 Å². The van der Waals surface area contributed by atoms with Crippen molar-refractivity contribution in [3.63, 3.8) is 0 Å². The Morgan fingerprint density at radius 1 is 1.53 bits per heavy atom. The van der Waals surface area contributed by atoms with Gasteiger partial charge in [0.15, 0.2) is 0 Å². The molecule has 5 heteroatoms. The molecule has 1 aromatic heterocycles. The Morgan fingerprint density at radius 3 is 2.82 bits per heavy atom. The summed E-state index contributed by atoms with van der Waals surface area (Å²) in [6, 6.07) is 1.52. The Morgan fingerprint density at radius 2 is 2.24 bits per heavy atom. The van der Waals surface area contributed by atoms with Crippen molar-refractivity contribution in [3.05, 3.63) is 23.2 Å². The molecule has 1 fully saturated rings. The summed E-state index contributed by atoms with van der Waals surface area (Å²) >= 11 is 0. The predicted molar refractivity (Wildman–Crippen MR) is 59.0 cm³/mol. The molecule has 2 heterocycles. The van der Waals surface area contributed by atoms with Crippen LogP contribution in [0.1, 0.15) is 34.7 Å². The minimum absolute atomic E-state index is 0.0342. The van der Waals surface area contributed by atoms with E-state index in [1.807, 2.05) is 0 Å². The van der Waals surface area contributed by atoms with Crippen LogP contribution in [0, 0.1) is 6.92 Å². The fourth-order valence-electron chi connectivity index (χ4n) is 1.82. The van der Waals surface area contributed by atoms with Crippen molar-refractivity contribution in [3.8, 4) is 0 Å². The number of rotatable bonds is 4. The summed E-state index contributed by atoms with van der Waals surface area (Å²) in [5.41, 5.74) is 0.800. The van der Waals surface area contributed by atoms with E-state index in [0.717, 1.165) is 31.6 Å². The number of hydrogen-bond acceptors (Lipinski definition) is 4. The molecule has 0 radical (unpaired) electrons. The molecule has 0 spiro atoms. The standard InChI is InChI=1S/C12H16O5/c1-8-9(6-11(17-8)12(13)14)7-16-10-2-4-15-5-3-10/h6,10H,2-5,7H2,1H3,(H,13,14). The lowest BCUT2D eigenvalue weighted by atomic mass is 10.1. The van der Waals surface area contributed by atoms with Crippen LogP contribution in [-0.2, 0) is 16.1 Å². The van der Waals surface area contributed by atoms with Crippen LogP contribution < -0.4 is 0 Å². The summed E-state index contributed by atoms with van der Waals surface area (Å²) in [5, 5.41) is 8.79. The van der Waals surface area contributed by atoms with Crippen LogP contribution in [0.15, 0.2) is 10.5 Å². The maximum Gasteiger partial charge on any atom is 0.371 e. The van der Waals surface area contributed by atoms with E-state index in [1.165, 1.54) is 6.07 Å². The van der Waals surface area contributed by atoms with Crippen LogP contribution in [0.2, 0.25) is 0 Å². The van der Waals surface area contributed by atoms with Gasteiger partial charge in [-0.2, -0.15) is 0 Å². The van der Waals surface area contributed by atoms with Crippen molar-refractivity contribution in [2.45, 2.75) is 32.5 Å².